The summed E-state index contributed by atoms with van der Waals surface area (Å²) in [4.78, 5) is 39.2. The number of amides is 3. The monoisotopic (exact) mass is 539 g/mol. The molecule has 3 amide bonds. The van der Waals surface area contributed by atoms with Gasteiger partial charge in [-0.3, -0.25) is 14.4 Å². The van der Waals surface area contributed by atoms with Gasteiger partial charge in [0, 0.05) is 34.3 Å². The topological polar surface area (TPSA) is 87.3 Å². The third-order valence-electron chi connectivity index (χ3n) is 9.05. The first kappa shape index (κ1) is 31.2. The highest BCUT2D eigenvalue weighted by Gasteiger charge is 2.34. The van der Waals surface area contributed by atoms with Gasteiger partial charge in [0.25, 0.3) is 0 Å². The van der Waals surface area contributed by atoms with E-state index in [4.69, 9.17) is 0 Å². The molecule has 2 aliphatic carbocycles. The molecule has 2 fully saturated rings. The predicted octanol–water partition coefficient (Wildman–Crippen LogP) is 8.25. The van der Waals surface area contributed by atoms with Crippen LogP contribution < -0.4 is 16.0 Å². The van der Waals surface area contributed by atoms with Crippen LogP contribution in [0.2, 0.25) is 0 Å². The lowest BCUT2D eigenvalue weighted by atomic mass is 9.69. The number of benzene rings is 1. The van der Waals surface area contributed by atoms with Gasteiger partial charge in [0.2, 0.25) is 17.7 Å². The number of rotatable bonds is 5. The third kappa shape index (κ3) is 8.81. The number of anilines is 3. The van der Waals surface area contributed by atoms with E-state index in [1.807, 2.05) is 26.8 Å². The van der Waals surface area contributed by atoms with Crippen LogP contribution in [0.1, 0.15) is 114 Å². The number of hydrogen-bond acceptors (Lipinski definition) is 3. The van der Waals surface area contributed by atoms with Crippen molar-refractivity contribution in [2.24, 2.45) is 39.9 Å². The zero-order valence-corrected chi connectivity index (χ0v) is 25.9. The van der Waals surface area contributed by atoms with Crippen molar-refractivity contribution in [3.8, 4) is 0 Å². The van der Waals surface area contributed by atoms with Gasteiger partial charge in [-0.05, 0) is 92.2 Å². The molecule has 218 valence electrons. The molecule has 6 nitrogen and oxygen atoms in total. The van der Waals surface area contributed by atoms with Crippen molar-refractivity contribution < 1.29 is 14.4 Å². The first-order valence-corrected chi connectivity index (χ1v) is 15.0. The maximum atomic E-state index is 13.2. The fourth-order valence-electron chi connectivity index (χ4n) is 6.09. The Balaban J connectivity index is 1.72. The molecule has 1 aromatic carbocycles. The average Bonchev–Trinajstić information content (AvgIpc) is 2.82. The van der Waals surface area contributed by atoms with Crippen LogP contribution in [0.5, 0.6) is 0 Å². The molecule has 1 aromatic rings. The van der Waals surface area contributed by atoms with E-state index >= 15 is 0 Å². The van der Waals surface area contributed by atoms with Gasteiger partial charge in [0.05, 0.1) is 0 Å². The van der Waals surface area contributed by atoms with E-state index in [0.717, 1.165) is 51.4 Å². The first-order chi connectivity index (χ1) is 17.9. The molecule has 0 aromatic heterocycles. The van der Waals surface area contributed by atoms with Crippen molar-refractivity contribution >= 4 is 34.8 Å². The second-order valence-corrected chi connectivity index (χ2v) is 15.3. The normalized spacial score (nSPS) is 24.5. The lowest BCUT2D eigenvalue weighted by Gasteiger charge is -2.36. The van der Waals surface area contributed by atoms with Gasteiger partial charge in [-0.15, -0.1) is 0 Å². The van der Waals surface area contributed by atoms with Gasteiger partial charge in [-0.2, -0.15) is 0 Å². The zero-order chi connectivity index (χ0) is 29.2. The van der Waals surface area contributed by atoms with Gasteiger partial charge in [-0.1, -0.05) is 62.3 Å². The van der Waals surface area contributed by atoms with E-state index in [1.165, 1.54) is 0 Å². The van der Waals surface area contributed by atoms with Crippen molar-refractivity contribution in [2.75, 3.05) is 16.0 Å². The molecular formula is C33H53N3O3. The minimum Gasteiger partial charge on any atom is -0.326 e. The lowest BCUT2D eigenvalue weighted by Crippen LogP contribution is -2.32. The molecule has 2 saturated carbocycles. The molecule has 0 spiro atoms. The summed E-state index contributed by atoms with van der Waals surface area (Å²) in [6.45, 7) is 19.3. The Morgan fingerprint density at radius 1 is 0.538 bits per heavy atom. The number of carbonyl (C=O) groups excluding carboxylic acids is 3. The van der Waals surface area contributed by atoms with Crippen LogP contribution in [0, 0.1) is 39.9 Å². The summed E-state index contributed by atoms with van der Waals surface area (Å²) in [5, 5.41) is 9.15. The minimum atomic E-state index is -0.569. The van der Waals surface area contributed by atoms with Crippen LogP contribution in [-0.2, 0) is 14.4 Å². The minimum absolute atomic E-state index is 0.0134. The molecule has 6 heteroatoms. The summed E-state index contributed by atoms with van der Waals surface area (Å²) in [6.07, 6.45) is 7.77. The third-order valence-corrected chi connectivity index (χ3v) is 9.05. The van der Waals surface area contributed by atoms with E-state index < -0.39 is 5.41 Å². The molecule has 0 atom stereocenters. The SMILES string of the molecule is CC(C)(C)C(=O)Nc1cc(NC(=O)C2CCC(C(C)(C)C)CC2)cc(NC(=O)C2CCC(C(C)(C)C)CC2)c1. The number of carbonyl (C=O) groups is 3. The summed E-state index contributed by atoms with van der Waals surface area (Å²) < 4.78 is 0. The Hall–Kier alpha value is -2.37. The second kappa shape index (κ2) is 12.0. The largest absolute Gasteiger partial charge is 0.326 e. The molecule has 0 bridgehead atoms. The molecule has 0 unspecified atom stereocenters. The molecule has 3 N–H and O–H groups in total. The van der Waals surface area contributed by atoms with Crippen molar-refractivity contribution in [3.05, 3.63) is 18.2 Å². The van der Waals surface area contributed by atoms with Gasteiger partial charge in [-0.25, -0.2) is 0 Å². The number of nitrogens with one attached hydrogen (secondary N) is 3. The van der Waals surface area contributed by atoms with E-state index in [1.54, 1.807) is 12.1 Å². The zero-order valence-electron chi connectivity index (χ0n) is 25.9. The van der Waals surface area contributed by atoms with Crippen molar-refractivity contribution in [2.45, 2.75) is 114 Å². The van der Waals surface area contributed by atoms with Gasteiger partial charge in [0.1, 0.15) is 0 Å². The van der Waals surface area contributed by atoms with Crippen LogP contribution in [0.15, 0.2) is 18.2 Å². The van der Waals surface area contributed by atoms with Crippen molar-refractivity contribution in [3.63, 3.8) is 0 Å². The quantitative estimate of drug-likeness (QED) is 0.352. The van der Waals surface area contributed by atoms with Gasteiger partial charge >= 0.3 is 0 Å². The second-order valence-electron chi connectivity index (χ2n) is 15.3. The highest BCUT2D eigenvalue weighted by atomic mass is 16.2. The maximum Gasteiger partial charge on any atom is 0.229 e. The molecule has 0 heterocycles. The fraction of sp³-hybridized carbons (Fsp3) is 0.727. The molecule has 2 aliphatic rings. The van der Waals surface area contributed by atoms with E-state index in [9.17, 15) is 14.4 Å². The number of hydrogen-bond donors (Lipinski definition) is 3. The van der Waals surface area contributed by atoms with Gasteiger partial charge in [0.15, 0.2) is 0 Å². The molecular weight excluding hydrogens is 486 g/mol. The predicted molar refractivity (Wildman–Crippen MR) is 162 cm³/mol. The summed E-state index contributed by atoms with van der Waals surface area (Å²) >= 11 is 0. The van der Waals surface area contributed by atoms with Crippen molar-refractivity contribution in [1.29, 1.82) is 0 Å². The first-order valence-electron chi connectivity index (χ1n) is 15.0. The highest BCUT2D eigenvalue weighted by molar-refractivity contribution is 5.99. The van der Waals surface area contributed by atoms with Crippen LogP contribution in [0.4, 0.5) is 17.1 Å². The fourth-order valence-corrected chi connectivity index (χ4v) is 6.09. The summed E-state index contributed by atoms with van der Waals surface area (Å²) in [6, 6.07) is 5.38. The Bertz CT molecular complexity index is 959. The highest BCUT2D eigenvalue weighted by Crippen LogP contribution is 2.41. The van der Waals surface area contributed by atoms with E-state index in [0.29, 0.717) is 28.9 Å². The van der Waals surface area contributed by atoms with Crippen LogP contribution in [0.25, 0.3) is 0 Å². The van der Waals surface area contributed by atoms with Crippen LogP contribution in [-0.4, -0.2) is 17.7 Å². The van der Waals surface area contributed by atoms with Crippen molar-refractivity contribution in [1.82, 2.24) is 0 Å². The molecule has 3 rings (SSSR count). The Morgan fingerprint density at radius 3 is 1.13 bits per heavy atom. The summed E-state index contributed by atoms with van der Waals surface area (Å²) in [5.41, 5.74) is 1.71. The lowest BCUT2D eigenvalue weighted by molar-refractivity contribution is -0.123. The summed E-state index contributed by atoms with van der Waals surface area (Å²) in [5.74, 6) is 1.14. The maximum absolute atomic E-state index is 13.2. The molecule has 0 aliphatic heterocycles. The average molecular weight is 540 g/mol. The Labute approximate surface area is 236 Å². The Kier molecular flexibility index (Phi) is 9.60. The van der Waals surface area contributed by atoms with Crippen LogP contribution in [0.3, 0.4) is 0 Å². The standard InChI is InChI=1S/C33H53N3O3/c1-31(2,3)23-14-10-21(11-15-23)28(37)34-25-18-26(20-27(19-25)36-30(39)33(7,8)9)35-29(38)22-12-16-24(17-13-22)32(4,5)6/h18-24H,10-17H2,1-9H3,(H,34,37)(H,35,38)(H,36,39). The van der Waals surface area contributed by atoms with Crippen LogP contribution >= 0.6 is 0 Å². The molecule has 0 saturated heterocycles. The van der Waals surface area contributed by atoms with E-state index in [-0.39, 0.29) is 40.4 Å². The van der Waals surface area contributed by atoms with E-state index in [2.05, 4.69) is 57.5 Å². The summed E-state index contributed by atoms with van der Waals surface area (Å²) in [7, 11) is 0. The van der Waals surface area contributed by atoms with Gasteiger partial charge < -0.3 is 16.0 Å². The Morgan fingerprint density at radius 2 is 0.846 bits per heavy atom. The molecule has 0 radical (unpaired) electrons. The molecule has 39 heavy (non-hydrogen) atoms. The smallest absolute Gasteiger partial charge is 0.229 e.